The van der Waals surface area contributed by atoms with Gasteiger partial charge >= 0.3 is 5.97 Å². The molecule has 2 aromatic carbocycles. The van der Waals surface area contributed by atoms with E-state index in [1.807, 2.05) is 81.4 Å². The van der Waals surface area contributed by atoms with E-state index in [0.717, 1.165) is 22.5 Å². The van der Waals surface area contributed by atoms with Crippen molar-refractivity contribution in [1.82, 2.24) is 4.98 Å². The fourth-order valence-corrected chi connectivity index (χ4v) is 2.50. The average Bonchev–Trinajstić information content (AvgIpc) is 2.61. The maximum atomic E-state index is 12.6. The molecule has 1 heterocycles. The van der Waals surface area contributed by atoms with Gasteiger partial charge in [-0.05, 0) is 32.9 Å². The molecule has 0 amide bonds. The quantitative estimate of drug-likeness (QED) is 0.606. The van der Waals surface area contributed by atoms with Crippen molar-refractivity contribution >= 4 is 5.97 Å². The summed E-state index contributed by atoms with van der Waals surface area (Å²) in [4.78, 5) is 17.3. The Hall–Kier alpha value is -2.94. The van der Waals surface area contributed by atoms with Crippen molar-refractivity contribution in [1.29, 1.82) is 0 Å². The van der Waals surface area contributed by atoms with E-state index in [1.54, 1.807) is 12.1 Å². The Bertz CT molecular complexity index is 808. The van der Waals surface area contributed by atoms with Crippen molar-refractivity contribution < 1.29 is 9.53 Å². The van der Waals surface area contributed by atoms with Gasteiger partial charge < -0.3 is 4.74 Å². The van der Waals surface area contributed by atoms with Gasteiger partial charge in [0.05, 0.1) is 17.0 Å². The summed E-state index contributed by atoms with van der Waals surface area (Å²) < 4.78 is 5.54. The summed E-state index contributed by atoms with van der Waals surface area (Å²) in [5.41, 5.74) is 3.39. The van der Waals surface area contributed by atoms with E-state index in [9.17, 15) is 4.79 Å². The van der Waals surface area contributed by atoms with Crippen LogP contribution in [0.5, 0.6) is 0 Å². The summed E-state index contributed by atoms with van der Waals surface area (Å²) in [7, 11) is 0. The Kier molecular flexibility index (Phi) is 4.66. The number of esters is 1. The van der Waals surface area contributed by atoms with E-state index in [0.29, 0.717) is 5.56 Å². The zero-order chi connectivity index (χ0) is 17.9. The molecule has 3 rings (SSSR count). The topological polar surface area (TPSA) is 39.2 Å². The van der Waals surface area contributed by atoms with Gasteiger partial charge in [0.25, 0.3) is 0 Å². The molecular formula is C22H21NO2. The highest BCUT2D eigenvalue weighted by molar-refractivity contribution is 5.92. The molecule has 0 fully saturated rings. The summed E-state index contributed by atoms with van der Waals surface area (Å²) in [5.74, 6) is -0.343. The van der Waals surface area contributed by atoms with Gasteiger partial charge in [0.2, 0.25) is 0 Å². The number of pyridine rings is 1. The minimum absolute atomic E-state index is 0.343. The minimum Gasteiger partial charge on any atom is -0.456 e. The maximum absolute atomic E-state index is 12.6. The van der Waals surface area contributed by atoms with Gasteiger partial charge in [-0.15, -0.1) is 0 Å². The second kappa shape index (κ2) is 6.89. The normalized spacial score (nSPS) is 11.2. The SMILES string of the molecule is CC(C)(C)OC(=O)c1cc(-c2ccccc2)nc(-c2ccccc2)c1. The molecule has 3 heteroatoms. The molecule has 0 atom stereocenters. The lowest BCUT2D eigenvalue weighted by atomic mass is 10.0. The Morgan fingerprint density at radius 2 is 1.24 bits per heavy atom. The first-order valence-electron chi connectivity index (χ1n) is 8.29. The van der Waals surface area contributed by atoms with Gasteiger partial charge in [0.1, 0.15) is 5.60 Å². The number of ether oxygens (including phenoxy) is 1. The van der Waals surface area contributed by atoms with Crippen LogP contribution in [0.25, 0.3) is 22.5 Å². The third kappa shape index (κ3) is 4.32. The van der Waals surface area contributed by atoms with Gasteiger partial charge in [-0.1, -0.05) is 60.7 Å². The van der Waals surface area contributed by atoms with E-state index < -0.39 is 5.60 Å². The van der Waals surface area contributed by atoms with E-state index in [1.165, 1.54) is 0 Å². The van der Waals surface area contributed by atoms with Crippen LogP contribution in [0.4, 0.5) is 0 Å². The van der Waals surface area contributed by atoms with Crippen LogP contribution in [-0.2, 0) is 4.74 Å². The fourth-order valence-electron chi connectivity index (χ4n) is 2.50. The molecule has 0 N–H and O–H groups in total. The van der Waals surface area contributed by atoms with Crippen LogP contribution in [0.3, 0.4) is 0 Å². The smallest absolute Gasteiger partial charge is 0.338 e. The molecule has 0 unspecified atom stereocenters. The largest absolute Gasteiger partial charge is 0.456 e. The molecule has 0 radical (unpaired) electrons. The first-order valence-corrected chi connectivity index (χ1v) is 8.29. The number of hydrogen-bond acceptors (Lipinski definition) is 3. The lowest BCUT2D eigenvalue weighted by Gasteiger charge is -2.20. The number of carbonyl (C=O) groups is 1. The molecular weight excluding hydrogens is 310 g/mol. The van der Waals surface area contributed by atoms with Crippen LogP contribution in [0, 0.1) is 0 Å². The van der Waals surface area contributed by atoms with Crippen molar-refractivity contribution in [3.05, 3.63) is 78.4 Å². The highest BCUT2D eigenvalue weighted by atomic mass is 16.6. The summed E-state index contributed by atoms with van der Waals surface area (Å²) >= 11 is 0. The lowest BCUT2D eigenvalue weighted by Crippen LogP contribution is -2.24. The first-order chi connectivity index (χ1) is 11.9. The number of benzene rings is 2. The van der Waals surface area contributed by atoms with Gasteiger partial charge in [-0.25, -0.2) is 9.78 Å². The van der Waals surface area contributed by atoms with Gasteiger partial charge in [0.15, 0.2) is 0 Å². The molecule has 0 bridgehead atoms. The zero-order valence-electron chi connectivity index (χ0n) is 14.7. The second-order valence-corrected chi connectivity index (χ2v) is 6.86. The molecule has 0 saturated heterocycles. The Labute approximate surface area is 148 Å². The van der Waals surface area contributed by atoms with Crippen molar-refractivity contribution in [3.8, 4) is 22.5 Å². The number of aromatic nitrogens is 1. The molecule has 3 aromatic rings. The lowest BCUT2D eigenvalue weighted by molar-refractivity contribution is 0.00695. The predicted molar refractivity (Wildman–Crippen MR) is 100 cm³/mol. The molecule has 0 aliphatic carbocycles. The summed E-state index contributed by atoms with van der Waals surface area (Å²) in [6.07, 6.45) is 0. The van der Waals surface area contributed by atoms with Gasteiger partial charge in [0, 0.05) is 11.1 Å². The van der Waals surface area contributed by atoms with Crippen molar-refractivity contribution in [2.24, 2.45) is 0 Å². The Balaban J connectivity index is 2.10. The predicted octanol–water partition coefficient (Wildman–Crippen LogP) is 5.37. The third-order valence-electron chi connectivity index (χ3n) is 3.60. The molecule has 0 spiro atoms. The fraction of sp³-hybridized carbons (Fsp3) is 0.182. The summed E-state index contributed by atoms with van der Waals surface area (Å²) in [6, 6.07) is 23.2. The number of rotatable bonds is 3. The highest BCUT2D eigenvalue weighted by Gasteiger charge is 2.19. The summed E-state index contributed by atoms with van der Waals surface area (Å²) in [5, 5.41) is 0. The van der Waals surface area contributed by atoms with Gasteiger partial charge in [-0.2, -0.15) is 0 Å². The van der Waals surface area contributed by atoms with Crippen molar-refractivity contribution in [3.63, 3.8) is 0 Å². The van der Waals surface area contributed by atoms with E-state index >= 15 is 0 Å². The van der Waals surface area contributed by atoms with Gasteiger partial charge in [-0.3, -0.25) is 0 Å². The van der Waals surface area contributed by atoms with E-state index in [4.69, 9.17) is 9.72 Å². The number of hydrogen-bond donors (Lipinski definition) is 0. The maximum Gasteiger partial charge on any atom is 0.338 e. The molecule has 25 heavy (non-hydrogen) atoms. The molecule has 0 aliphatic heterocycles. The highest BCUT2D eigenvalue weighted by Crippen LogP contribution is 2.26. The zero-order valence-corrected chi connectivity index (χ0v) is 14.7. The van der Waals surface area contributed by atoms with Crippen LogP contribution >= 0.6 is 0 Å². The second-order valence-electron chi connectivity index (χ2n) is 6.86. The van der Waals surface area contributed by atoms with Crippen molar-refractivity contribution in [2.75, 3.05) is 0 Å². The summed E-state index contributed by atoms with van der Waals surface area (Å²) in [6.45, 7) is 5.59. The minimum atomic E-state index is -0.541. The molecule has 0 saturated carbocycles. The Morgan fingerprint density at radius 3 is 1.64 bits per heavy atom. The van der Waals surface area contributed by atoms with Crippen LogP contribution in [-0.4, -0.2) is 16.6 Å². The molecule has 126 valence electrons. The van der Waals surface area contributed by atoms with Crippen LogP contribution in [0.15, 0.2) is 72.8 Å². The molecule has 0 aliphatic rings. The monoisotopic (exact) mass is 331 g/mol. The standard InChI is InChI=1S/C22H21NO2/c1-22(2,3)25-21(24)18-14-19(16-10-6-4-7-11-16)23-20(15-18)17-12-8-5-9-13-17/h4-15H,1-3H3. The Morgan fingerprint density at radius 1 is 0.800 bits per heavy atom. The van der Waals surface area contributed by atoms with Crippen molar-refractivity contribution in [2.45, 2.75) is 26.4 Å². The first kappa shape index (κ1) is 16.9. The van der Waals surface area contributed by atoms with Crippen LogP contribution in [0.2, 0.25) is 0 Å². The average molecular weight is 331 g/mol. The number of carbonyl (C=O) groups excluding carboxylic acids is 1. The van der Waals surface area contributed by atoms with E-state index in [2.05, 4.69) is 0 Å². The number of nitrogens with zero attached hydrogens (tertiary/aromatic N) is 1. The molecule has 1 aromatic heterocycles. The third-order valence-corrected chi connectivity index (χ3v) is 3.60. The van der Waals surface area contributed by atoms with E-state index in [-0.39, 0.29) is 5.97 Å². The molecule has 3 nitrogen and oxygen atoms in total. The van der Waals surface area contributed by atoms with Crippen LogP contribution in [0.1, 0.15) is 31.1 Å². The van der Waals surface area contributed by atoms with Crippen LogP contribution < -0.4 is 0 Å².